The maximum Gasteiger partial charge on any atom is 0.294 e. The van der Waals surface area contributed by atoms with Crippen molar-refractivity contribution in [2.24, 2.45) is 0 Å². The van der Waals surface area contributed by atoms with Crippen molar-refractivity contribution in [3.63, 3.8) is 0 Å². The molecule has 0 spiro atoms. The molecule has 3 amide bonds. The van der Waals surface area contributed by atoms with Crippen molar-refractivity contribution in [1.82, 2.24) is 5.32 Å². The molecule has 1 aliphatic rings. The van der Waals surface area contributed by atoms with Crippen molar-refractivity contribution in [3.8, 4) is 11.1 Å². The summed E-state index contributed by atoms with van der Waals surface area (Å²) in [6.07, 6.45) is 1.43. The van der Waals surface area contributed by atoms with E-state index in [1.165, 1.54) is 25.3 Å². The standard InChI is InChI=1S/C26H26FN3O4/c1-15(2)28-25(32)20-12-18(7-9-21(20)27)19-8-10-22-23(13-19)29(14-16(3)30(22)17(4)31)26(33)24-6-5-11-34-24/h5-13,15-16H,14H2,1-4H3,(H,28,32)/t16-/m0/s1. The first-order valence-electron chi connectivity index (χ1n) is 11.1. The quantitative estimate of drug-likeness (QED) is 0.612. The summed E-state index contributed by atoms with van der Waals surface area (Å²) in [4.78, 5) is 41.3. The number of carbonyl (C=O) groups excluding carboxylic acids is 3. The second-order valence-electron chi connectivity index (χ2n) is 8.66. The zero-order chi connectivity index (χ0) is 24.6. The predicted molar refractivity (Wildman–Crippen MR) is 127 cm³/mol. The third-order valence-corrected chi connectivity index (χ3v) is 5.69. The predicted octanol–water partition coefficient (Wildman–Crippen LogP) is 4.63. The van der Waals surface area contributed by atoms with Crippen molar-refractivity contribution in [1.29, 1.82) is 0 Å². The van der Waals surface area contributed by atoms with Gasteiger partial charge in [0.05, 0.1) is 29.2 Å². The monoisotopic (exact) mass is 463 g/mol. The van der Waals surface area contributed by atoms with Gasteiger partial charge in [-0.2, -0.15) is 0 Å². The van der Waals surface area contributed by atoms with Crippen molar-refractivity contribution < 1.29 is 23.2 Å². The highest BCUT2D eigenvalue weighted by Crippen LogP contribution is 2.39. The summed E-state index contributed by atoms with van der Waals surface area (Å²) < 4.78 is 19.7. The molecule has 1 aromatic heterocycles. The molecule has 2 heterocycles. The molecule has 7 nitrogen and oxygen atoms in total. The van der Waals surface area contributed by atoms with Crippen LogP contribution >= 0.6 is 0 Å². The lowest BCUT2D eigenvalue weighted by Gasteiger charge is -2.40. The number of furan rings is 1. The summed E-state index contributed by atoms with van der Waals surface area (Å²) in [5, 5.41) is 2.70. The van der Waals surface area contributed by atoms with Crippen LogP contribution in [0.5, 0.6) is 0 Å². The Morgan fingerprint density at radius 1 is 1.06 bits per heavy atom. The van der Waals surface area contributed by atoms with Crippen molar-refractivity contribution in [3.05, 3.63) is 71.9 Å². The van der Waals surface area contributed by atoms with Crippen molar-refractivity contribution >= 4 is 29.1 Å². The summed E-state index contributed by atoms with van der Waals surface area (Å²) in [6.45, 7) is 7.24. The van der Waals surface area contributed by atoms with Crippen LogP contribution in [0.15, 0.2) is 59.2 Å². The molecule has 1 N–H and O–H groups in total. The van der Waals surface area contributed by atoms with Gasteiger partial charge in [-0.25, -0.2) is 4.39 Å². The maximum absolute atomic E-state index is 14.4. The third kappa shape index (κ3) is 4.31. The van der Waals surface area contributed by atoms with Crippen LogP contribution in [0.25, 0.3) is 11.1 Å². The van der Waals surface area contributed by atoms with Gasteiger partial charge in [-0.05, 0) is 68.3 Å². The average molecular weight is 464 g/mol. The van der Waals surface area contributed by atoms with Gasteiger partial charge >= 0.3 is 0 Å². The molecule has 4 rings (SSSR count). The molecule has 0 aliphatic carbocycles. The SMILES string of the molecule is CC(=O)N1c2ccc(-c3ccc(F)c(C(=O)NC(C)C)c3)cc2N(C(=O)c2ccco2)C[C@@H]1C. The van der Waals surface area contributed by atoms with E-state index in [1.807, 2.05) is 6.92 Å². The summed E-state index contributed by atoms with van der Waals surface area (Å²) in [7, 11) is 0. The van der Waals surface area contributed by atoms with Gasteiger partial charge in [-0.15, -0.1) is 0 Å². The van der Waals surface area contributed by atoms with Gasteiger partial charge < -0.3 is 19.5 Å². The first kappa shape index (κ1) is 23.2. The van der Waals surface area contributed by atoms with E-state index in [2.05, 4.69) is 5.32 Å². The van der Waals surface area contributed by atoms with Crippen LogP contribution in [0.3, 0.4) is 0 Å². The number of rotatable bonds is 4. The van der Waals surface area contributed by atoms with Crippen LogP contribution in [-0.4, -0.2) is 36.3 Å². The number of nitrogens with zero attached hydrogens (tertiary/aromatic N) is 2. The molecule has 34 heavy (non-hydrogen) atoms. The number of halogens is 1. The van der Waals surface area contributed by atoms with E-state index in [0.29, 0.717) is 22.5 Å². The van der Waals surface area contributed by atoms with E-state index in [0.717, 1.165) is 0 Å². The highest BCUT2D eigenvalue weighted by Gasteiger charge is 2.35. The lowest BCUT2D eigenvalue weighted by molar-refractivity contribution is -0.117. The first-order valence-corrected chi connectivity index (χ1v) is 11.1. The van der Waals surface area contributed by atoms with Crippen LogP contribution in [-0.2, 0) is 4.79 Å². The van der Waals surface area contributed by atoms with E-state index in [1.54, 1.807) is 60.0 Å². The van der Waals surface area contributed by atoms with Gasteiger partial charge in [-0.3, -0.25) is 14.4 Å². The largest absolute Gasteiger partial charge is 0.459 e. The summed E-state index contributed by atoms with van der Waals surface area (Å²) >= 11 is 0. The van der Waals surface area contributed by atoms with Gasteiger partial charge in [-0.1, -0.05) is 12.1 Å². The minimum atomic E-state index is -0.619. The van der Waals surface area contributed by atoms with Gasteiger partial charge in [0.15, 0.2) is 5.76 Å². The molecule has 1 atom stereocenters. The molecule has 0 bridgehead atoms. The molecule has 0 saturated carbocycles. The number of anilines is 2. The number of nitrogens with one attached hydrogen (secondary N) is 1. The Morgan fingerprint density at radius 2 is 1.76 bits per heavy atom. The molecule has 3 aromatic rings. The zero-order valence-corrected chi connectivity index (χ0v) is 19.5. The second-order valence-corrected chi connectivity index (χ2v) is 8.66. The Morgan fingerprint density at radius 3 is 2.41 bits per heavy atom. The smallest absolute Gasteiger partial charge is 0.294 e. The van der Waals surface area contributed by atoms with Crippen molar-refractivity contribution in [2.45, 2.75) is 39.8 Å². The van der Waals surface area contributed by atoms with E-state index in [4.69, 9.17) is 4.42 Å². The van der Waals surface area contributed by atoms with Crippen LogP contribution in [0, 0.1) is 5.82 Å². The molecule has 0 unspecified atom stereocenters. The number of fused-ring (bicyclic) bond motifs is 1. The molecule has 2 aromatic carbocycles. The van der Waals surface area contributed by atoms with Crippen LogP contribution < -0.4 is 15.1 Å². The molecular formula is C26H26FN3O4. The number of amides is 3. The minimum Gasteiger partial charge on any atom is -0.459 e. The number of carbonyl (C=O) groups is 3. The van der Waals surface area contributed by atoms with Crippen molar-refractivity contribution in [2.75, 3.05) is 16.3 Å². The lowest BCUT2D eigenvalue weighted by atomic mass is 9.98. The first-order chi connectivity index (χ1) is 16.2. The summed E-state index contributed by atoms with van der Waals surface area (Å²) in [5.74, 6) is -1.39. The average Bonchev–Trinajstić information content (AvgIpc) is 3.32. The summed E-state index contributed by atoms with van der Waals surface area (Å²) in [5.41, 5.74) is 2.34. The Labute approximate surface area is 197 Å². The zero-order valence-electron chi connectivity index (χ0n) is 19.5. The third-order valence-electron chi connectivity index (χ3n) is 5.69. The van der Waals surface area contributed by atoms with Gasteiger partial charge in [0.1, 0.15) is 5.82 Å². The highest BCUT2D eigenvalue weighted by atomic mass is 19.1. The maximum atomic E-state index is 14.4. The van der Waals surface area contributed by atoms with E-state index >= 15 is 0 Å². The minimum absolute atomic E-state index is 0.0635. The topological polar surface area (TPSA) is 82.9 Å². The van der Waals surface area contributed by atoms with E-state index < -0.39 is 11.7 Å². The Bertz CT molecular complexity index is 1250. The molecule has 0 saturated heterocycles. The lowest BCUT2D eigenvalue weighted by Crippen LogP contribution is -2.51. The van der Waals surface area contributed by atoms with Gasteiger partial charge in [0, 0.05) is 19.5 Å². The second kappa shape index (κ2) is 9.13. The number of hydrogen-bond donors (Lipinski definition) is 1. The summed E-state index contributed by atoms with van der Waals surface area (Å²) in [6, 6.07) is 12.5. The molecule has 176 valence electrons. The van der Waals surface area contributed by atoms with Crippen LogP contribution in [0.4, 0.5) is 15.8 Å². The molecule has 0 fully saturated rings. The Balaban J connectivity index is 1.81. The molecule has 0 radical (unpaired) electrons. The van der Waals surface area contributed by atoms with Crippen LogP contribution in [0.2, 0.25) is 0 Å². The van der Waals surface area contributed by atoms with E-state index in [9.17, 15) is 18.8 Å². The molecule has 8 heteroatoms. The van der Waals surface area contributed by atoms with Gasteiger partial charge in [0.2, 0.25) is 5.91 Å². The van der Waals surface area contributed by atoms with Gasteiger partial charge in [0.25, 0.3) is 11.8 Å². The highest BCUT2D eigenvalue weighted by molar-refractivity contribution is 6.10. The molecular weight excluding hydrogens is 437 g/mol. The fourth-order valence-corrected chi connectivity index (χ4v) is 4.23. The van der Waals surface area contributed by atoms with E-state index in [-0.39, 0.29) is 41.8 Å². The van der Waals surface area contributed by atoms with Crippen LogP contribution in [0.1, 0.15) is 48.6 Å². The fourth-order valence-electron chi connectivity index (χ4n) is 4.23. The normalized spacial score (nSPS) is 15.3. The number of benzene rings is 2. The Hall–Kier alpha value is -3.94. The molecule has 1 aliphatic heterocycles. The Kier molecular flexibility index (Phi) is 6.24. The number of hydrogen-bond acceptors (Lipinski definition) is 4. The fraction of sp³-hybridized carbons (Fsp3) is 0.269.